The van der Waals surface area contributed by atoms with Gasteiger partial charge in [-0.25, -0.2) is 15.0 Å². The number of amidine groups is 2. The van der Waals surface area contributed by atoms with Crippen LogP contribution in [0.2, 0.25) is 0 Å². The Bertz CT molecular complexity index is 1160. The summed E-state index contributed by atoms with van der Waals surface area (Å²) >= 11 is 3.97. The summed E-state index contributed by atoms with van der Waals surface area (Å²) in [4.78, 5) is 10.8. The Balaban J connectivity index is 2.08. The molecule has 1 aliphatic heterocycles. The lowest BCUT2D eigenvalue weighted by atomic mass is 9.80. The van der Waals surface area contributed by atoms with E-state index in [2.05, 4.69) is 90.9 Å². The van der Waals surface area contributed by atoms with Gasteiger partial charge in [-0.2, -0.15) is 0 Å². The molecular weight excluding hydrogens is 733 g/mol. The second kappa shape index (κ2) is 31.7. The van der Waals surface area contributed by atoms with Crippen LogP contribution in [0.15, 0.2) is 28.2 Å². The molecule has 1 atom stereocenters. The van der Waals surface area contributed by atoms with Gasteiger partial charge in [0.05, 0.1) is 5.69 Å². The molecule has 57 heavy (non-hydrogen) atoms. The standard InChI is InChI=1S/C51H94N4S2/c1-10-13-16-19-22-23-24-25-26-27-28-29-30-31-32-35-38-47-52-48(56-39-36-33-20-17-14-11-2)55(49(53-47)57-40-37-34-21-18-15-12-3)54-46-42-44(50(4,5)6)41-45(43-46)51(7,8)9/h41-43,48,54H,10-40H2,1-9H3. The molecule has 1 aliphatic rings. The number of unbranched alkanes of at least 4 members (excludes halogenated alkanes) is 25. The minimum absolute atomic E-state index is 0.00219. The van der Waals surface area contributed by atoms with Gasteiger partial charge in [0.25, 0.3) is 0 Å². The number of benzene rings is 1. The van der Waals surface area contributed by atoms with Gasteiger partial charge in [0.15, 0.2) is 10.7 Å². The van der Waals surface area contributed by atoms with Crippen molar-refractivity contribution >= 4 is 40.2 Å². The maximum atomic E-state index is 5.43. The first kappa shape index (κ1) is 52.0. The van der Waals surface area contributed by atoms with Crippen LogP contribution in [-0.2, 0) is 10.8 Å². The van der Waals surface area contributed by atoms with E-state index in [-0.39, 0.29) is 16.3 Å². The quantitative estimate of drug-likeness (QED) is 0.0703. The monoisotopic (exact) mass is 827 g/mol. The third-order valence-corrected chi connectivity index (χ3v) is 13.8. The summed E-state index contributed by atoms with van der Waals surface area (Å²) in [6.45, 7) is 20.9. The fourth-order valence-electron chi connectivity index (χ4n) is 7.56. The van der Waals surface area contributed by atoms with E-state index in [0.29, 0.717) is 0 Å². The summed E-state index contributed by atoms with van der Waals surface area (Å²) in [6, 6.07) is 7.16. The van der Waals surface area contributed by atoms with Crippen LogP contribution in [0.5, 0.6) is 0 Å². The SMILES string of the molecule is CCCCCCCCCCCCCCCCCCC1=NC(SCCCCCCCC)N(Nc2cc(C(C)(C)C)cc(C(C)(C)C)c2)C(SCCCCCCCC)=N1. The minimum atomic E-state index is -0.00219. The van der Waals surface area contributed by atoms with E-state index in [4.69, 9.17) is 9.98 Å². The highest BCUT2D eigenvalue weighted by Crippen LogP contribution is 2.35. The summed E-state index contributed by atoms with van der Waals surface area (Å²) < 4.78 is 0. The number of nitrogens with zero attached hydrogens (tertiary/aromatic N) is 3. The van der Waals surface area contributed by atoms with Gasteiger partial charge >= 0.3 is 0 Å². The summed E-state index contributed by atoms with van der Waals surface area (Å²) in [5, 5.41) is 3.46. The number of aliphatic imine (C=N–C) groups is 2. The van der Waals surface area contributed by atoms with Crippen LogP contribution in [0.4, 0.5) is 5.69 Å². The first-order valence-corrected chi connectivity index (χ1v) is 26.6. The summed E-state index contributed by atoms with van der Waals surface area (Å²) in [5.74, 6) is 3.32. The summed E-state index contributed by atoms with van der Waals surface area (Å²) in [6.07, 6.45) is 39.3. The molecule has 0 amide bonds. The molecule has 0 aliphatic carbocycles. The van der Waals surface area contributed by atoms with Crippen molar-refractivity contribution in [2.24, 2.45) is 9.98 Å². The molecule has 0 saturated heterocycles. The molecule has 0 saturated carbocycles. The van der Waals surface area contributed by atoms with Crippen LogP contribution < -0.4 is 5.43 Å². The first-order chi connectivity index (χ1) is 27.5. The predicted octanol–water partition coefficient (Wildman–Crippen LogP) is 17.8. The Hall–Kier alpha value is -1.14. The fourth-order valence-corrected chi connectivity index (χ4v) is 9.69. The Morgan fingerprint density at radius 2 is 0.895 bits per heavy atom. The van der Waals surface area contributed by atoms with E-state index < -0.39 is 0 Å². The van der Waals surface area contributed by atoms with Gasteiger partial charge in [-0.3, -0.25) is 5.43 Å². The Morgan fingerprint density at radius 1 is 0.509 bits per heavy atom. The lowest BCUT2D eigenvalue weighted by Crippen LogP contribution is -2.44. The van der Waals surface area contributed by atoms with Crippen molar-refractivity contribution in [3.63, 3.8) is 0 Å². The molecule has 1 N–H and O–H groups in total. The van der Waals surface area contributed by atoms with Crippen molar-refractivity contribution in [2.45, 2.75) is 265 Å². The normalized spacial score (nSPS) is 15.0. The lowest BCUT2D eigenvalue weighted by molar-refractivity contribution is 0.476. The highest BCUT2D eigenvalue weighted by atomic mass is 32.2. The van der Waals surface area contributed by atoms with E-state index in [9.17, 15) is 0 Å². The number of thioether (sulfide) groups is 2. The molecule has 330 valence electrons. The second-order valence-corrected chi connectivity index (χ2v) is 21.6. The molecule has 4 nitrogen and oxygen atoms in total. The van der Waals surface area contributed by atoms with Crippen LogP contribution in [0, 0.1) is 0 Å². The molecule has 2 rings (SSSR count). The maximum absolute atomic E-state index is 5.43. The molecule has 0 fully saturated rings. The molecular formula is C51H94N4S2. The van der Waals surface area contributed by atoms with Crippen LogP contribution >= 0.6 is 23.5 Å². The van der Waals surface area contributed by atoms with Gasteiger partial charge < -0.3 is 0 Å². The predicted molar refractivity (Wildman–Crippen MR) is 264 cm³/mol. The molecule has 0 bridgehead atoms. The topological polar surface area (TPSA) is 40.0 Å². The van der Waals surface area contributed by atoms with Gasteiger partial charge in [-0.05, 0) is 59.1 Å². The summed E-state index contributed by atoms with van der Waals surface area (Å²) in [7, 11) is 0. The van der Waals surface area contributed by atoms with Gasteiger partial charge in [-0.15, -0.1) is 11.8 Å². The van der Waals surface area contributed by atoms with Crippen molar-refractivity contribution in [2.75, 3.05) is 16.9 Å². The van der Waals surface area contributed by atoms with Gasteiger partial charge in [0.2, 0.25) is 0 Å². The Morgan fingerprint density at radius 3 is 1.32 bits per heavy atom. The maximum Gasteiger partial charge on any atom is 0.191 e. The van der Waals surface area contributed by atoms with E-state index in [0.717, 1.165) is 34.6 Å². The van der Waals surface area contributed by atoms with E-state index in [1.807, 2.05) is 23.5 Å². The highest BCUT2D eigenvalue weighted by Gasteiger charge is 2.29. The Kier molecular flexibility index (Phi) is 28.9. The number of hydrogen-bond acceptors (Lipinski definition) is 6. The molecule has 0 aromatic heterocycles. The zero-order valence-electron chi connectivity index (χ0n) is 39.4. The van der Waals surface area contributed by atoms with Crippen molar-refractivity contribution in [3.05, 3.63) is 29.3 Å². The molecule has 1 aromatic carbocycles. The molecule has 1 heterocycles. The van der Waals surface area contributed by atoms with Crippen molar-refractivity contribution in [3.8, 4) is 0 Å². The number of hydrazine groups is 1. The fraction of sp³-hybridized carbons (Fsp3) is 0.843. The van der Waals surface area contributed by atoms with Crippen LogP contribution in [-0.4, -0.2) is 33.0 Å². The lowest BCUT2D eigenvalue weighted by Gasteiger charge is -2.36. The van der Waals surface area contributed by atoms with Crippen molar-refractivity contribution in [1.82, 2.24) is 5.01 Å². The first-order valence-electron chi connectivity index (χ1n) is 24.6. The van der Waals surface area contributed by atoms with Crippen LogP contribution in [0.1, 0.15) is 260 Å². The average molecular weight is 827 g/mol. The zero-order valence-corrected chi connectivity index (χ0v) is 41.0. The smallest absolute Gasteiger partial charge is 0.191 e. The largest absolute Gasteiger partial charge is 0.294 e. The van der Waals surface area contributed by atoms with Gasteiger partial charge in [-0.1, -0.05) is 241 Å². The number of rotatable bonds is 34. The van der Waals surface area contributed by atoms with E-state index in [1.54, 1.807) is 0 Å². The van der Waals surface area contributed by atoms with Crippen LogP contribution in [0.3, 0.4) is 0 Å². The average Bonchev–Trinajstić information content (AvgIpc) is 3.17. The third-order valence-electron chi connectivity index (χ3n) is 11.6. The molecule has 0 radical (unpaired) electrons. The van der Waals surface area contributed by atoms with Gasteiger partial charge in [0, 0.05) is 12.2 Å². The molecule has 1 unspecified atom stereocenters. The highest BCUT2D eigenvalue weighted by molar-refractivity contribution is 8.13. The third kappa shape index (κ3) is 24.6. The van der Waals surface area contributed by atoms with Crippen molar-refractivity contribution in [1.29, 1.82) is 0 Å². The second-order valence-electron chi connectivity index (χ2n) is 19.4. The van der Waals surface area contributed by atoms with E-state index in [1.165, 1.54) is 191 Å². The van der Waals surface area contributed by atoms with Crippen LogP contribution in [0.25, 0.3) is 0 Å². The van der Waals surface area contributed by atoms with E-state index >= 15 is 0 Å². The van der Waals surface area contributed by atoms with Gasteiger partial charge in [0.1, 0.15) is 5.84 Å². The summed E-state index contributed by atoms with van der Waals surface area (Å²) in [5.41, 5.74) is 7.96. The molecule has 1 aromatic rings. The number of nitrogens with one attached hydrogen (secondary N) is 1. The van der Waals surface area contributed by atoms with Crippen molar-refractivity contribution < 1.29 is 0 Å². The molecule has 6 heteroatoms. The minimum Gasteiger partial charge on any atom is -0.294 e. The number of hydrogen-bond donors (Lipinski definition) is 1. The zero-order chi connectivity index (χ0) is 41.6. The Labute approximate surface area is 364 Å². The molecule has 0 spiro atoms. The number of anilines is 1.